The number of hydrogen-bond acceptors (Lipinski definition) is 25. The monoisotopic (exact) mass is 2010 g/mol. The molecule has 0 aliphatic carbocycles. The molecule has 0 unspecified atom stereocenters. The Bertz CT molecular complexity index is 6430. The zero-order valence-corrected chi connectivity index (χ0v) is 83.1. The molecule has 0 spiro atoms. The number of carboxylic acids is 1. The number of rotatable bonds is 28. The van der Waals surface area contributed by atoms with Crippen LogP contribution < -0.4 is 54.3 Å². The molecule has 0 saturated carbocycles. The number of nitrogens with two attached hydrogens (primary N) is 1. The highest BCUT2D eigenvalue weighted by atomic mass is 127. The van der Waals surface area contributed by atoms with Gasteiger partial charge in [0.25, 0.3) is 0 Å². The fourth-order valence-electron chi connectivity index (χ4n) is 15.2. The molecule has 732 valence electrons. The van der Waals surface area contributed by atoms with Crippen molar-refractivity contribution in [3.63, 3.8) is 0 Å². The number of amides is 3. The number of para-hydroxylation sites is 3. The lowest BCUT2D eigenvalue weighted by atomic mass is 10.1. The quantitative estimate of drug-likeness (QED) is 0.0225. The first-order valence-electron chi connectivity index (χ1n) is 46.4. The molecule has 33 heteroatoms. The zero-order valence-electron chi connectivity index (χ0n) is 81.0. The number of methoxy groups -OCH3 is 2. The van der Waals surface area contributed by atoms with Gasteiger partial charge in [0.05, 0.1) is 32.7 Å². The molecule has 3 aliphatic heterocycles. The summed E-state index contributed by atoms with van der Waals surface area (Å²) >= 11 is 2.23. The lowest BCUT2D eigenvalue weighted by molar-refractivity contribution is -0.131. The van der Waals surface area contributed by atoms with Gasteiger partial charge in [-0.15, -0.1) is 0 Å². The van der Waals surface area contributed by atoms with Gasteiger partial charge in [-0.3, -0.25) is 9.89 Å². The summed E-state index contributed by atoms with van der Waals surface area (Å²) in [4.78, 5) is 70.0. The maximum Gasteiger partial charge on any atom is 0.410 e. The zero-order chi connectivity index (χ0) is 99.1. The fourth-order valence-corrected chi connectivity index (χ4v) is 15.9. The van der Waals surface area contributed by atoms with Gasteiger partial charge in [0.1, 0.15) is 106 Å². The minimum Gasteiger partial charge on any atom is -0.497 e. The topological polar surface area (TPSA) is 350 Å². The maximum atomic E-state index is 12.9. The number of likely N-dealkylation sites (tertiary alicyclic amines) is 3. The molecule has 3 saturated heterocycles. The molecule has 6 N–H and O–H groups in total. The number of H-pyrrole nitrogens is 1. The van der Waals surface area contributed by atoms with Crippen molar-refractivity contribution in [2.24, 2.45) is 5.73 Å². The maximum absolute atomic E-state index is 12.9. The SMILES string of the molecule is CC(C)(C)OC(=O)N1CCC[C@@H](N)C1.CN(C)C/C=C/C(=O)N1CCC[C@@H](Nc2n[nH]c3nccc(Oc4cccc(Oc5ccccc5)c4)c23)C1.CN(C)C/C=C/C(=O)O.COc1ccc(Cn2nc(I)c3c(Oc4cccc(Oc5ccccc5)c4)ccnc32)cc1.COc1ccc(Cn2nc(N[C@@H]3CCCN(C(=O)OC(C)(C)C)C3)c3c(Oc4cccc(Oc5ccccc5)c4)ccnc32)cc1. The summed E-state index contributed by atoms with van der Waals surface area (Å²) in [6.45, 7) is 17.6. The number of aliphatic carboxylic acids is 1. The van der Waals surface area contributed by atoms with Gasteiger partial charge in [-0.2, -0.15) is 15.3 Å². The Balaban J connectivity index is 0.000000160. The van der Waals surface area contributed by atoms with Crippen LogP contribution in [0.5, 0.6) is 80.5 Å². The van der Waals surface area contributed by atoms with Crippen molar-refractivity contribution in [2.45, 2.75) is 122 Å². The van der Waals surface area contributed by atoms with Gasteiger partial charge < -0.3 is 93.3 Å². The highest BCUT2D eigenvalue weighted by Gasteiger charge is 2.32. The number of aromatic nitrogens is 9. The van der Waals surface area contributed by atoms with Gasteiger partial charge in [-0.05, 0) is 239 Å². The van der Waals surface area contributed by atoms with Crippen LogP contribution in [-0.2, 0) is 32.2 Å². The van der Waals surface area contributed by atoms with Crippen LogP contribution in [0.4, 0.5) is 21.2 Å². The fraction of sp³-hybridized carbons (Fsp3) is 0.308. The summed E-state index contributed by atoms with van der Waals surface area (Å²) < 4.78 is 63.0. The van der Waals surface area contributed by atoms with Crippen molar-refractivity contribution in [1.29, 1.82) is 0 Å². The average molecular weight is 2010 g/mol. The van der Waals surface area contributed by atoms with Crippen LogP contribution in [0.2, 0.25) is 0 Å². The predicted molar refractivity (Wildman–Crippen MR) is 551 cm³/mol. The summed E-state index contributed by atoms with van der Waals surface area (Å²) in [5.74, 6) is 10.2. The normalized spacial score (nSPS) is 14.8. The molecule has 3 atom stereocenters. The number of nitrogens with one attached hydrogen (secondary N) is 3. The Labute approximate surface area is 829 Å². The van der Waals surface area contributed by atoms with Crippen molar-refractivity contribution in [3.05, 3.63) is 288 Å². The number of pyridine rings is 3. The summed E-state index contributed by atoms with van der Waals surface area (Å²) in [7, 11) is 11.0. The van der Waals surface area contributed by atoms with E-state index in [1.54, 1.807) is 54.8 Å². The molecule has 3 amide bonds. The number of nitrogens with zero attached hydrogens (tertiary/aromatic N) is 13. The van der Waals surface area contributed by atoms with Crippen LogP contribution in [0, 0.1) is 3.70 Å². The van der Waals surface area contributed by atoms with Crippen LogP contribution in [-0.4, -0.2) is 222 Å². The second-order valence-electron chi connectivity index (χ2n) is 35.9. The second kappa shape index (κ2) is 50.0. The first kappa shape index (κ1) is 103. The Morgan fingerprint density at radius 3 is 1.28 bits per heavy atom. The number of carbonyl (C=O) groups excluding carboxylic acids is 3. The smallest absolute Gasteiger partial charge is 0.410 e. The summed E-state index contributed by atoms with van der Waals surface area (Å²) in [6, 6.07) is 73.0. The van der Waals surface area contributed by atoms with E-state index in [1.807, 2.05) is 330 Å². The Morgan fingerprint density at radius 2 is 0.836 bits per heavy atom. The number of halogens is 1. The van der Waals surface area contributed by atoms with Crippen molar-refractivity contribution in [2.75, 3.05) is 105 Å². The van der Waals surface area contributed by atoms with Crippen molar-refractivity contribution >= 4 is 91.4 Å². The molecule has 8 aromatic carbocycles. The highest BCUT2D eigenvalue weighted by molar-refractivity contribution is 14.1. The van der Waals surface area contributed by atoms with Crippen LogP contribution in [0.1, 0.15) is 91.2 Å². The minimum absolute atomic E-state index is 0.0357. The molecule has 3 aliphatic rings. The first-order valence-corrected chi connectivity index (χ1v) is 47.4. The summed E-state index contributed by atoms with van der Waals surface area (Å²) in [5, 5.41) is 34.8. The lowest BCUT2D eigenvalue weighted by Crippen LogP contribution is -2.47. The van der Waals surface area contributed by atoms with E-state index in [4.69, 9.17) is 73.4 Å². The number of aromatic amines is 1. The van der Waals surface area contributed by atoms with Crippen LogP contribution in [0.15, 0.2) is 273 Å². The standard InChI is InChI=1S/C36H39N5O5.C29H32N6O3.C26H20IN3O3.C10H20N2O2.C6H11NO2/c1-36(2,3)46-35(42)40-21-9-10-26(24-40)38-33-32-31(45-30-14-8-13-29(22-30)44-28-11-6-5-7-12-28)19-20-37-34(32)41(39-33)23-25-15-17-27(43-4)18-16-25;1-34(2)17-8-14-26(36)35-18-7-9-21(20-35)31-29-27-25(15-16-30-28(27)32-33-29)38-24-13-6-12-23(19-24)37-22-10-4-3-5-11-22;1-31-19-12-10-18(11-13-19)17-30-26-24(25(27)29-30)23(14-15-28-26)33-22-9-5-8-21(16-22)32-20-6-3-2-4-7-20;1-10(2,3)14-9(13)12-6-4-5-8(11)7-12;1-7(2)5-3-4-6(8)9/h5-8,11-20,22,26H,9-10,21,23-24H2,1-4H3,(H,38,39);3-6,8,10-16,19,21H,7,9,17-18,20H2,1-2H3,(H2,30,31,32,33);2-16H,17H2,1H3;8H,4-7,11H2,1-3H3;3-4H,5H2,1-2H3,(H,8,9)/b;14-8+;;;4-3+/t26-;21-;;8-;/m11.1./s1. The molecule has 9 heterocycles. The minimum atomic E-state index is -0.892. The largest absolute Gasteiger partial charge is 0.497 e. The second-order valence-corrected chi connectivity index (χ2v) is 36.9. The van der Waals surface area contributed by atoms with Crippen molar-refractivity contribution in [1.82, 2.24) is 69.2 Å². The number of fused-ring (bicyclic) bond motifs is 3. The van der Waals surface area contributed by atoms with E-state index in [-0.39, 0.29) is 36.2 Å². The van der Waals surface area contributed by atoms with Crippen LogP contribution in [0.3, 0.4) is 0 Å². The van der Waals surface area contributed by atoms with E-state index in [9.17, 15) is 19.2 Å². The molecule has 0 radical (unpaired) electrons. The van der Waals surface area contributed by atoms with E-state index in [2.05, 4.69) is 53.4 Å². The van der Waals surface area contributed by atoms with Crippen molar-refractivity contribution in [3.8, 4) is 80.5 Å². The third kappa shape index (κ3) is 31.4. The number of carbonyl (C=O) groups is 4. The van der Waals surface area contributed by atoms with Gasteiger partial charge in [-0.1, -0.05) is 109 Å². The van der Waals surface area contributed by atoms with E-state index < -0.39 is 17.2 Å². The number of anilines is 2. The third-order valence-electron chi connectivity index (χ3n) is 21.6. The van der Waals surface area contributed by atoms with E-state index in [1.165, 1.54) is 0 Å². The Morgan fingerprint density at radius 1 is 0.450 bits per heavy atom. The molecule has 140 heavy (non-hydrogen) atoms. The molecule has 32 nitrogen and oxygen atoms in total. The predicted octanol–water partition coefficient (Wildman–Crippen LogP) is 21.2. The van der Waals surface area contributed by atoms with Crippen LogP contribution in [0.25, 0.3) is 33.1 Å². The molecule has 3 fully saturated rings. The lowest BCUT2D eigenvalue weighted by Gasteiger charge is -2.34. The number of hydrogen-bond donors (Lipinski definition) is 5. The molecule has 14 aromatic rings. The number of carboxylic acid groups (broad SMARTS) is 1. The summed E-state index contributed by atoms with van der Waals surface area (Å²) in [6.07, 6.45) is 16.5. The molecule has 17 rings (SSSR count). The van der Waals surface area contributed by atoms with E-state index >= 15 is 0 Å². The Kier molecular flexibility index (Phi) is 36.6. The van der Waals surface area contributed by atoms with Gasteiger partial charge in [0, 0.05) is 138 Å². The summed E-state index contributed by atoms with van der Waals surface area (Å²) in [5.41, 5.74) is 9.02. The van der Waals surface area contributed by atoms with Gasteiger partial charge >= 0.3 is 18.2 Å². The molecule has 0 bridgehead atoms. The number of piperidine rings is 3. The van der Waals surface area contributed by atoms with Gasteiger partial charge in [0.15, 0.2) is 28.6 Å². The molecular weight excluding hydrogens is 1890 g/mol. The van der Waals surface area contributed by atoms with Gasteiger partial charge in [-0.25, -0.2) is 38.7 Å². The Hall–Kier alpha value is -14.8. The molecule has 6 aromatic heterocycles. The number of ether oxygens (including phenoxy) is 10. The number of likely N-dealkylation sites (N-methyl/N-ethyl adjacent to an activating group) is 2. The molecular formula is C107H122IN17O15. The third-order valence-corrected chi connectivity index (χ3v) is 22.4. The average Bonchev–Trinajstić information content (AvgIpc) is 1.62. The van der Waals surface area contributed by atoms with Crippen molar-refractivity contribution < 1.29 is 71.7 Å². The first-order chi connectivity index (χ1) is 67.5. The number of benzene rings is 8. The highest BCUT2D eigenvalue weighted by Crippen LogP contribution is 2.41. The van der Waals surface area contributed by atoms with Gasteiger partial charge in [0.2, 0.25) is 5.91 Å². The van der Waals surface area contributed by atoms with Crippen LogP contribution >= 0.6 is 22.6 Å². The van der Waals surface area contributed by atoms with E-state index in [0.717, 1.165) is 130 Å². The van der Waals surface area contributed by atoms with E-state index in [0.29, 0.717) is 120 Å².